The van der Waals surface area contributed by atoms with Crippen molar-refractivity contribution < 1.29 is 14.4 Å². The van der Waals surface area contributed by atoms with Gasteiger partial charge < -0.3 is 10.4 Å². The molecule has 0 saturated carbocycles. The number of rotatable bonds is 2. The molecule has 1 atom stereocenters. The summed E-state index contributed by atoms with van der Waals surface area (Å²) in [4.78, 5) is 26.3. The lowest BCUT2D eigenvalue weighted by Crippen LogP contribution is -2.27. The first kappa shape index (κ1) is 8.62. The average Bonchev–Trinajstić information content (AvgIpc) is 2.34. The van der Waals surface area contributed by atoms with Crippen LogP contribution in [0.4, 0.5) is 0 Å². The van der Waals surface area contributed by atoms with E-state index in [-0.39, 0.29) is 5.91 Å². The van der Waals surface area contributed by atoms with Gasteiger partial charge in [0.2, 0.25) is 11.7 Å². The minimum absolute atomic E-state index is 0.195. The lowest BCUT2D eigenvalue weighted by atomic mass is 10.0. The molecule has 5 nitrogen and oxygen atoms in total. The highest BCUT2D eigenvalue weighted by Crippen LogP contribution is 2.15. The van der Waals surface area contributed by atoms with Gasteiger partial charge in [0.05, 0.1) is 0 Å². The Bertz CT molecular complexity index is 268. The Morgan fingerprint density at radius 2 is 2.50 bits per heavy atom. The predicted molar refractivity (Wildman–Crippen MR) is 40.4 cm³/mol. The molecule has 12 heavy (non-hydrogen) atoms. The van der Waals surface area contributed by atoms with E-state index in [0.29, 0.717) is 13.0 Å². The Morgan fingerprint density at radius 3 is 2.92 bits per heavy atom. The van der Waals surface area contributed by atoms with Gasteiger partial charge in [-0.2, -0.15) is 4.79 Å². The summed E-state index contributed by atoms with van der Waals surface area (Å²) in [6.07, 6.45) is 1.29. The zero-order chi connectivity index (χ0) is 9.14. The fraction of sp³-hybridized carbons (Fsp3) is 0.571. The van der Waals surface area contributed by atoms with Gasteiger partial charge in [0.15, 0.2) is 0 Å². The molecular formula is C7H9N3O2. The molecule has 0 N–H and O–H groups in total. The maximum Gasteiger partial charge on any atom is 0.323 e. The lowest BCUT2D eigenvalue weighted by molar-refractivity contribution is -0.134. The van der Waals surface area contributed by atoms with Crippen LogP contribution in [0.5, 0.6) is 0 Å². The van der Waals surface area contributed by atoms with Crippen LogP contribution in [0.1, 0.15) is 6.42 Å². The normalized spacial score (nSPS) is 22.2. The molecule has 0 radical (unpaired) electrons. The topological polar surface area (TPSA) is 73.8 Å². The summed E-state index contributed by atoms with van der Waals surface area (Å²) < 4.78 is 0. The van der Waals surface area contributed by atoms with E-state index < -0.39 is 11.7 Å². The zero-order valence-corrected chi connectivity index (χ0v) is 6.73. The lowest BCUT2D eigenvalue weighted by Gasteiger charge is -2.05. The number of amides is 1. The van der Waals surface area contributed by atoms with Gasteiger partial charge in [-0.3, -0.25) is 9.59 Å². The van der Waals surface area contributed by atoms with Crippen LogP contribution in [0.15, 0.2) is 0 Å². The molecule has 0 bridgehead atoms. The molecule has 0 aromatic carbocycles. The monoisotopic (exact) mass is 167 g/mol. The van der Waals surface area contributed by atoms with Gasteiger partial charge in [-0.1, -0.05) is 0 Å². The fourth-order valence-electron chi connectivity index (χ4n) is 1.23. The van der Waals surface area contributed by atoms with E-state index >= 15 is 0 Å². The second-order valence-electron chi connectivity index (χ2n) is 2.75. The van der Waals surface area contributed by atoms with Crippen LogP contribution in [0, 0.1) is 5.92 Å². The SMILES string of the molecule is CN1CCC(C(=O)C=[N+]=[N-])C1=O. The zero-order valence-electron chi connectivity index (χ0n) is 6.73. The second-order valence-corrected chi connectivity index (χ2v) is 2.75. The Hall–Kier alpha value is -1.48. The molecular weight excluding hydrogens is 158 g/mol. The van der Waals surface area contributed by atoms with E-state index in [4.69, 9.17) is 5.53 Å². The van der Waals surface area contributed by atoms with Crippen LogP contribution in [-0.4, -0.2) is 41.2 Å². The summed E-state index contributed by atoms with van der Waals surface area (Å²) in [5.74, 6) is -1.25. The highest BCUT2D eigenvalue weighted by Gasteiger charge is 2.35. The molecule has 1 rings (SSSR count). The molecule has 1 heterocycles. The second kappa shape index (κ2) is 3.28. The highest BCUT2D eigenvalue weighted by molar-refractivity contribution is 6.31. The molecule has 1 unspecified atom stereocenters. The van der Waals surface area contributed by atoms with Crippen molar-refractivity contribution in [3.8, 4) is 0 Å². The number of carbonyl (C=O) groups excluding carboxylic acids is 2. The number of Topliss-reactive ketones (excluding diaryl/α,β-unsaturated/α-hetero) is 1. The largest absolute Gasteiger partial charge is 0.361 e. The number of hydrogen-bond donors (Lipinski definition) is 0. The van der Waals surface area contributed by atoms with Crippen molar-refractivity contribution >= 4 is 17.9 Å². The van der Waals surface area contributed by atoms with Crippen LogP contribution in [-0.2, 0) is 9.59 Å². The third kappa shape index (κ3) is 1.40. The van der Waals surface area contributed by atoms with Gasteiger partial charge in [0.25, 0.3) is 0 Å². The summed E-state index contributed by atoms with van der Waals surface area (Å²) in [6.45, 7) is 0.592. The molecule has 0 aromatic rings. The van der Waals surface area contributed by atoms with E-state index in [1.54, 1.807) is 7.05 Å². The van der Waals surface area contributed by atoms with E-state index in [2.05, 4.69) is 4.79 Å². The number of nitrogens with zero attached hydrogens (tertiary/aromatic N) is 3. The quantitative estimate of drug-likeness (QED) is 0.237. The Morgan fingerprint density at radius 1 is 1.83 bits per heavy atom. The first-order chi connectivity index (χ1) is 5.66. The molecule has 0 aromatic heterocycles. The molecule has 64 valence electrons. The van der Waals surface area contributed by atoms with Crippen LogP contribution >= 0.6 is 0 Å². The van der Waals surface area contributed by atoms with Crippen molar-refractivity contribution in [2.45, 2.75) is 6.42 Å². The molecule has 1 saturated heterocycles. The first-order valence-electron chi connectivity index (χ1n) is 3.63. The first-order valence-corrected chi connectivity index (χ1v) is 3.63. The van der Waals surface area contributed by atoms with Gasteiger partial charge in [0, 0.05) is 13.6 Å². The molecule has 0 aliphatic carbocycles. The average molecular weight is 167 g/mol. The number of hydrogen-bond acceptors (Lipinski definition) is 2. The van der Waals surface area contributed by atoms with Gasteiger partial charge in [-0.05, 0) is 6.42 Å². The minimum atomic E-state index is -0.633. The van der Waals surface area contributed by atoms with Gasteiger partial charge >= 0.3 is 6.21 Å². The maximum absolute atomic E-state index is 11.2. The number of likely N-dealkylation sites (tertiary alicyclic amines) is 1. The molecule has 1 aliphatic rings. The Labute approximate surface area is 69.6 Å². The van der Waals surface area contributed by atoms with Crippen molar-refractivity contribution in [2.24, 2.45) is 5.92 Å². The standard InChI is InChI=1S/C7H9N3O2/c1-10-3-2-5(7(10)12)6(11)4-9-8/h4-5H,2-3H2,1H3. The number of ketones is 1. The highest BCUT2D eigenvalue weighted by atomic mass is 16.2. The number of carbonyl (C=O) groups is 2. The third-order valence-electron chi connectivity index (χ3n) is 1.96. The van der Waals surface area contributed by atoms with Gasteiger partial charge in [-0.25, -0.2) is 0 Å². The summed E-state index contributed by atoms with van der Waals surface area (Å²) in [7, 11) is 1.64. The van der Waals surface area contributed by atoms with E-state index in [0.717, 1.165) is 6.21 Å². The summed E-state index contributed by atoms with van der Waals surface area (Å²) >= 11 is 0. The smallest absolute Gasteiger partial charge is 0.323 e. The van der Waals surface area contributed by atoms with Crippen molar-refractivity contribution in [3.63, 3.8) is 0 Å². The summed E-state index contributed by atoms with van der Waals surface area (Å²) in [6, 6.07) is 0. The summed E-state index contributed by atoms with van der Waals surface area (Å²) in [5.41, 5.74) is 8.07. The molecule has 5 heteroatoms. The van der Waals surface area contributed by atoms with Crippen molar-refractivity contribution in [1.82, 2.24) is 4.90 Å². The predicted octanol–water partition coefficient (Wildman–Crippen LogP) is -0.666. The van der Waals surface area contributed by atoms with Gasteiger partial charge in [-0.15, -0.1) is 0 Å². The third-order valence-corrected chi connectivity index (χ3v) is 1.96. The molecule has 1 aliphatic heterocycles. The molecule has 0 spiro atoms. The van der Waals surface area contributed by atoms with Gasteiger partial charge in [0.1, 0.15) is 5.92 Å². The molecule has 1 amide bonds. The van der Waals surface area contributed by atoms with Crippen LogP contribution in [0.25, 0.3) is 5.53 Å². The molecule has 1 fully saturated rings. The van der Waals surface area contributed by atoms with E-state index in [1.807, 2.05) is 0 Å². The van der Waals surface area contributed by atoms with Crippen molar-refractivity contribution in [1.29, 1.82) is 0 Å². The van der Waals surface area contributed by atoms with Crippen LogP contribution < -0.4 is 0 Å². The minimum Gasteiger partial charge on any atom is -0.361 e. The Kier molecular flexibility index (Phi) is 2.35. The maximum atomic E-state index is 11.2. The van der Waals surface area contributed by atoms with Crippen molar-refractivity contribution in [3.05, 3.63) is 5.53 Å². The Balaban J connectivity index is 2.72. The van der Waals surface area contributed by atoms with E-state index in [9.17, 15) is 9.59 Å². The van der Waals surface area contributed by atoms with Crippen molar-refractivity contribution in [2.75, 3.05) is 13.6 Å². The van der Waals surface area contributed by atoms with Crippen LogP contribution in [0.2, 0.25) is 0 Å². The van der Waals surface area contributed by atoms with Crippen LogP contribution in [0.3, 0.4) is 0 Å². The fourth-order valence-corrected chi connectivity index (χ4v) is 1.23. The van der Waals surface area contributed by atoms with E-state index in [1.165, 1.54) is 4.90 Å². The summed E-state index contributed by atoms with van der Waals surface area (Å²) in [5, 5.41) is 0.